The number of carbonyl (C=O) groups excluding carboxylic acids is 1. The predicted molar refractivity (Wildman–Crippen MR) is 111 cm³/mol. The molecule has 0 unspecified atom stereocenters. The number of amides is 1. The smallest absolute Gasteiger partial charge is 0.277 e. The molecule has 0 radical (unpaired) electrons. The standard InChI is InChI=1S/C20H20N4O4S/c1-12(2)16-9-4-5-10-17(16)21-18(25)13(3)29-20-23-22-19(28-20)14-7-6-8-15(11-14)24(26)27/h4-13H,1-3H3,(H,21,25)/t13-/m1/s1. The second-order valence-corrected chi connectivity index (χ2v) is 7.96. The molecule has 0 spiro atoms. The number of anilines is 1. The van der Waals surface area contributed by atoms with Crippen molar-refractivity contribution >= 4 is 29.0 Å². The molecule has 150 valence electrons. The summed E-state index contributed by atoms with van der Waals surface area (Å²) in [5.74, 6) is 0.259. The van der Waals surface area contributed by atoms with Gasteiger partial charge in [0.2, 0.25) is 11.8 Å². The lowest BCUT2D eigenvalue weighted by Crippen LogP contribution is -2.23. The van der Waals surface area contributed by atoms with Gasteiger partial charge in [0.15, 0.2) is 0 Å². The van der Waals surface area contributed by atoms with E-state index in [9.17, 15) is 14.9 Å². The normalized spacial score (nSPS) is 12.0. The van der Waals surface area contributed by atoms with Gasteiger partial charge in [-0.3, -0.25) is 14.9 Å². The molecule has 1 atom stereocenters. The van der Waals surface area contributed by atoms with Crippen molar-refractivity contribution < 1.29 is 14.1 Å². The molecule has 3 rings (SSSR count). The number of nitrogens with zero attached hydrogens (tertiary/aromatic N) is 3. The van der Waals surface area contributed by atoms with Crippen molar-refractivity contribution in [1.82, 2.24) is 10.2 Å². The summed E-state index contributed by atoms with van der Waals surface area (Å²) in [6, 6.07) is 13.6. The van der Waals surface area contributed by atoms with Crippen molar-refractivity contribution in [3.8, 4) is 11.5 Å². The Morgan fingerprint density at radius 1 is 1.14 bits per heavy atom. The van der Waals surface area contributed by atoms with E-state index >= 15 is 0 Å². The van der Waals surface area contributed by atoms with E-state index in [2.05, 4.69) is 29.4 Å². The molecule has 0 saturated heterocycles. The van der Waals surface area contributed by atoms with Crippen LogP contribution in [0.25, 0.3) is 11.5 Å². The molecule has 0 aliphatic heterocycles. The monoisotopic (exact) mass is 412 g/mol. The van der Waals surface area contributed by atoms with E-state index in [1.165, 1.54) is 12.1 Å². The molecule has 0 aliphatic rings. The average Bonchev–Trinajstić information content (AvgIpc) is 3.16. The number of nitro groups is 1. The first kappa shape index (κ1) is 20.5. The molecule has 1 amide bonds. The van der Waals surface area contributed by atoms with Crippen LogP contribution < -0.4 is 5.32 Å². The van der Waals surface area contributed by atoms with Crippen LogP contribution in [0, 0.1) is 10.1 Å². The molecule has 2 aromatic carbocycles. The van der Waals surface area contributed by atoms with Gasteiger partial charge in [-0.1, -0.05) is 49.9 Å². The Bertz CT molecular complexity index is 1030. The topological polar surface area (TPSA) is 111 Å². The predicted octanol–water partition coefficient (Wildman–Crippen LogP) is 4.89. The molecule has 3 aromatic rings. The maximum Gasteiger partial charge on any atom is 0.277 e. The van der Waals surface area contributed by atoms with Gasteiger partial charge in [-0.05, 0) is 30.5 Å². The second-order valence-electron chi connectivity index (χ2n) is 6.67. The quantitative estimate of drug-likeness (QED) is 0.334. The number of rotatable bonds is 7. The van der Waals surface area contributed by atoms with E-state index in [0.29, 0.717) is 5.56 Å². The fraction of sp³-hybridized carbons (Fsp3) is 0.250. The molecule has 1 heterocycles. The van der Waals surface area contributed by atoms with Crippen LogP contribution in [0.5, 0.6) is 0 Å². The van der Waals surface area contributed by atoms with Crippen molar-refractivity contribution in [1.29, 1.82) is 0 Å². The van der Waals surface area contributed by atoms with Crippen molar-refractivity contribution in [3.05, 3.63) is 64.2 Å². The van der Waals surface area contributed by atoms with Crippen molar-refractivity contribution in [2.75, 3.05) is 5.32 Å². The lowest BCUT2D eigenvalue weighted by molar-refractivity contribution is -0.384. The lowest BCUT2D eigenvalue weighted by Gasteiger charge is -2.15. The summed E-state index contributed by atoms with van der Waals surface area (Å²) in [5, 5.41) is 21.5. The number of para-hydroxylation sites is 1. The van der Waals surface area contributed by atoms with E-state index in [1.54, 1.807) is 19.1 Å². The van der Waals surface area contributed by atoms with Gasteiger partial charge in [0.1, 0.15) is 0 Å². The zero-order valence-electron chi connectivity index (χ0n) is 16.2. The molecule has 1 N–H and O–H groups in total. The molecule has 9 heteroatoms. The van der Waals surface area contributed by atoms with Crippen LogP contribution in [-0.2, 0) is 4.79 Å². The summed E-state index contributed by atoms with van der Waals surface area (Å²) in [5.41, 5.74) is 2.22. The maximum absolute atomic E-state index is 12.6. The fourth-order valence-electron chi connectivity index (χ4n) is 2.68. The summed E-state index contributed by atoms with van der Waals surface area (Å²) >= 11 is 1.12. The highest BCUT2D eigenvalue weighted by Crippen LogP contribution is 2.29. The number of thioether (sulfide) groups is 1. The van der Waals surface area contributed by atoms with E-state index < -0.39 is 10.2 Å². The molecule has 8 nitrogen and oxygen atoms in total. The summed E-state index contributed by atoms with van der Waals surface area (Å²) in [6.07, 6.45) is 0. The Labute approximate surface area is 171 Å². The van der Waals surface area contributed by atoms with Crippen LogP contribution in [0.1, 0.15) is 32.3 Å². The van der Waals surface area contributed by atoms with Crippen molar-refractivity contribution in [2.45, 2.75) is 37.2 Å². The summed E-state index contributed by atoms with van der Waals surface area (Å²) in [4.78, 5) is 23.0. The number of nitrogens with one attached hydrogen (secondary N) is 1. The molecule has 1 aromatic heterocycles. The highest BCUT2D eigenvalue weighted by Gasteiger charge is 2.20. The van der Waals surface area contributed by atoms with Gasteiger partial charge in [0.05, 0.1) is 10.2 Å². The molecular weight excluding hydrogens is 392 g/mol. The Kier molecular flexibility index (Phi) is 6.28. The van der Waals surface area contributed by atoms with Gasteiger partial charge in [0.25, 0.3) is 10.9 Å². The van der Waals surface area contributed by atoms with Gasteiger partial charge >= 0.3 is 0 Å². The Morgan fingerprint density at radius 2 is 1.90 bits per heavy atom. The number of carbonyl (C=O) groups is 1. The highest BCUT2D eigenvalue weighted by atomic mass is 32.2. The molecular formula is C20H20N4O4S. The number of hydrogen-bond acceptors (Lipinski definition) is 7. The lowest BCUT2D eigenvalue weighted by atomic mass is 10.0. The average molecular weight is 412 g/mol. The van der Waals surface area contributed by atoms with Crippen LogP contribution in [0.2, 0.25) is 0 Å². The molecule has 29 heavy (non-hydrogen) atoms. The molecule has 0 bridgehead atoms. The van der Waals surface area contributed by atoms with Crippen molar-refractivity contribution in [2.24, 2.45) is 0 Å². The van der Waals surface area contributed by atoms with Crippen LogP contribution in [-0.4, -0.2) is 26.3 Å². The van der Waals surface area contributed by atoms with Crippen LogP contribution in [0.15, 0.2) is 58.2 Å². The number of aromatic nitrogens is 2. The first-order valence-corrected chi connectivity index (χ1v) is 9.88. The maximum atomic E-state index is 12.6. The Hall–Kier alpha value is -3.20. The molecule has 0 aliphatic carbocycles. The van der Waals surface area contributed by atoms with E-state index in [1.807, 2.05) is 24.3 Å². The first-order chi connectivity index (χ1) is 13.8. The van der Waals surface area contributed by atoms with Gasteiger partial charge in [0, 0.05) is 23.4 Å². The fourth-order valence-corrected chi connectivity index (χ4v) is 3.36. The van der Waals surface area contributed by atoms with Gasteiger partial charge in [-0.2, -0.15) is 0 Å². The van der Waals surface area contributed by atoms with Gasteiger partial charge < -0.3 is 9.73 Å². The third kappa shape index (κ3) is 5.00. The minimum absolute atomic E-state index is 0.0635. The zero-order chi connectivity index (χ0) is 21.0. The van der Waals surface area contributed by atoms with Crippen molar-refractivity contribution in [3.63, 3.8) is 0 Å². The van der Waals surface area contributed by atoms with E-state index in [4.69, 9.17) is 4.42 Å². The first-order valence-electron chi connectivity index (χ1n) is 9.00. The molecule has 0 saturated carbocycles. The zero-order valence-corrected chi connectivity index (χ0v) is 17.0. The SMILES string of the molecule is CC(C)c1ccccc1NC(=O)[C@@H](C)Sc1nnc(-c2cccc([N+](=O)[O-])c2)o1. The minimum atomic E-state index is -0.489. The Balaban J connectivity index is 1.69. The number of non-ortho nitro benzene ring substituents is 1. The number of benzene rings is 2. The summed E-state index contributed by atoms with van der Waals surface area (Å²) in [7, 11) is 0. The van der Waals surface area contributed by atoms with Crippen LogP contribution >= 0.6 is 11.8 Å². The summed E-state index contributed by atoms with van der Waals surface area (Å²) < 4.78 is 5.58. The van der Waals surface area contributed by atoms with Crippen LogP contribution in [0.3, 0.4) is 0 Å². The van der Waals surface area contributed by atoms with Gasteiger partial charge in [-0.15, -0.1) is 10.2 Å². The minimum Gasteiger partial charge on any atom is -0.411 e. The van der Waals surface area contributed by atoms with E-state index in [0.717, 1.165) is 23.0 Å². The number of hydrogen-bond donors (Lipinski definition) is 1. The largest absolute Gasteiger partial charge is 0.411 e. The third-order valence-corrected chi connectivity index (χ3v) is 5.13. The summed E-state index contributed by atoms with van der Waals surface area (Å²) in [6.45, 7) is 5.88. The van der Waals surface area contributed by atoms with Crippen LogP contribution in [0.4, 0.5) is 11.4 Å². The van der Waals surface area contributed by atoms with Gasteiger partial charge in [-0.25, -0.2) is 0 Å². The number of nitro benzene ring substituents is 1. The third-order valence-electron chi connectivity index (χ3n) is 4.20. The highest BCUT2D eigenvalue weighted by molar-refractivity contribution is 8.00. The second kappa shape index (κ2) is 8.87. The molecule has 0 fully saturated rings. The Morgan fingerprint density at radius 3 is 2.62 bits per heavy atom. The van der Waals surface area contributed by atoms with E-state index in [-0.39, 0.29) is 28.6 Å².